The van der Waals surface area contributed by atoms with Gasteiger partial charge in [-0.05, 0) is 17.6 Å². The van der Waals surface area contributed by atoms with Crippen molar-refractivity contribution in [3.05, 3.63) is 29.3 Å². The van der Waals surface area contributed by atoms with Gasteiger partial charge in [0, 0.05) is 5.02 Å². The first kappa shape index (κ1) is 8.55. The number of hydrogen-bond acceptors (Lipinski definition) is 3. The molecule has 0 saturated carbocycles. The molecule has 5 heteroatoms. The fourth-order valence-corrected chi connectivity index (χ4v) is 0.937. The fraction of sp³-hybridized carbons (Fsp3) is 0. The zero-order chi connectivity index (χ0) is 8.27. The van der Waals surface area contributed by atoms with Gasteiger partial charge in [0.25, 0.3) is 0 Å². The molecule has 1 aromatic carbocycles. The topological polar surface area (TPSA) is 55.5 Å². The molecule has 3 nitrogen and oxygen atoms in total. The van der Waals surface area contributed by atoms with E-state index in [1.807, 2.05) is 0 Å². The summed E-state index contributed by atoms with van der Waals surface area (Å²) >= 11 is 5.64. The predicted octanol–water partition coefficient (Wildman–Crippen LogP) is -0.0822. The van der Waals surface area contributed by atoms with Crippen LogP contribution in [0.25, 0.3) is 0 Å². The van der Waals surface area contributed by atoms with Gasteiger partial charge >= 0.3 is 7.12 Å². The molecule has 0 atom stereocenters. The minimum Gasteiger partial charge on any atom is -0.422 e. The maximum Gasteiger partial charge on any atom is 0.508 e. The molecule has 0 aliphatic carbocycles. The van der Waals surface area contributed by atoms with Crippen molar-refractivity contribution < 1.29 is 9.78 Å². The van der Waals surface area contributed by atoms with Gasteiger partial charge in [-0.25, -0.2) is 5.90 Å². The number of hydrogen-bond donors (Lipinski definition) is 2. The molecule has 0 spiro atoms. The Bertz CT molecular complexity index is 246. The number of halogens is 1. The van der Waals surface area contributed by atoms with E-state index in [9.17, 15) is 0 Å². The Morgan fingerprint density at radius 2 is 2.27 bits per heavy atom. The monoisotopic (exact) mass is 171 g/mol. The van der Waals surface area contributed by atoms with Crippen LogP contribution in [0.15, 0.2) is 24.3 Å². The van der Waals surface area contributed by atoms with E-state index >= 15 is 0 Å². The molecule has 0 aliphatic heterocycles. The Morgan fingerprint density at radius 1 is 1.55 bits per heavy atom. The summed E-state index contributed by atoms with van der Waals surface area (Å²) in [6.07, 6.45) is 0. The maximum absolute atomic E-state index is 9.05. The molecule has 1 rings (SSSR count). The standard InChI is InChI=1S/C6H7BClNO2/c8-6-3-1-2-5(4-6)7(10)11-9/h1-4,10H,9H2. The normalized spacial score (nSPS) is 9.73. The molecule has 0 saturated heterocycles. The van der Waals surface area contributed by atoms with Crippen LogP contribution in [0, 0.1) is 0 Å². The molecule has 0 bridgehead atoms. The van der Waals surface area contributed by atoms with Crippen LogP contribution in [-0.2, 0) is 4.76 Å². The van der Waals surface area contributed by atoms with E-state index in [0.717, 1.165) is 0 Å². The minimum atomic E-state index is -1.10. The summed E-state index contributed by atoms with van der Waals surface area (Å²) in [5.74, 6) is 4.76. The lowest BCUT2D eigenvalue weighted by Crippen LogP contribution is -2.35. The molecule has 0 unspecified atom stereocenters. The third kappa shape index (κ3) is 2.20. The zero-order valence-electron chi connectivity index (χ0n) is 5.70. The van der Waals surface area contributed by atoms with Gasteiger partial charge in [0.2, 0.25) is 0 Å². The first-order valence-electron chi connectivity index (χ1n) is 3.03. The van der Waals surface area contributed by atoms with Crippen molar-refractivity contribution in [2.45, 2.75) is 0 Å². The summed E-state index contributed by atoms with van der Waals surface area (Å²) in [5.41, 5.74) is 0.542. The summed E-state index contributed by atoms with van der Waals surface area (Å²) in [4.78, 5) is 0. The average molecular weight is 171 g/mol. The second-order valence-corrected chi connectivity index (χ2v) is 2.48. The largest absolute Gasteiger partial charge is 0.508 e. The molecule has 0 amide bonds. The van der Waals surface area contributed by atoms with Crippen LogP contribution in [0.4, 0.5) is 0 Å². The Morgan fingerprint density at radius 3 is 2.82 bits per heavy atom. The Hall–Kier alpha value is -0.545. The molecule has 0 aromatic heterocycles. The number of nitrogens with two attached hydrogens (primary N) is 1. The van der Waals surface area contributed by atoms with E-state index in [4.69, 9.17) is 22.5 Å². The van der Waals surface area contributed by atoms with Crippen LogP contribution >= 0.6 is 11.6 Å². The lowest BCUT2D eigenvalue weighted by Gasteiger charge is -2.01. The molecular weight excluding hydrogens is 164 g/mol. The first-order valence-corrected chi connectivity index (χ1v) is 3.41. The van der Waals surface area contributed by atoms with Crippen molar-refractivity contribution in [2.75, 3.05) is 0 Å². The highest BCUT2D eigenvalue weighted by Crippen LogP contribution is 2.03. The number of benzene rings is 1. The number of rotatable bonds is 2. The highest BCUT2D eigenvalue weighted by atomic mass is 35.5. The van der Waals surface area contributed by atoms with Crippen LogP contribution in [0.2, 0.25) is 5.02 Å². The van der Waals surface area contributed by atoms with Gasteiger partial charge in [0.15, 0.2) is 0 Å². The summed E-state index contributed by atoms with van der Waals surface area (Å²) in [7, 11) is -1.10. The molecule has 0 fully saturated rings. The Balaban J connectivity index is 2.86. The van der Waals surface area contributed by atoms with Crippen LogP contribution < -0.4 is 11.4 Å². The van der Waals surface area contributed by atoms with Crippen LogP contribution in [-0.4, -0.2) is 12.1 Å². The van der Waals surface area contributed by atoms with Gasteiger partial charge < -0.3 is 9.78 Å². The van der Waals surface area contributed by atoms with Crippen molar-refractivity contribution in [1.29, 1.82) is 0 Å². The average Bonchev–Trinajstić information content (AvgIpc) is 2.03. The van der Waals surface area contributed by atoms with E-state index in [1.165, 1.54) is 0 Å². The summed E-state index contributed by atoms with van der Waals surface area (Å²) in [5, 5.41) is 9.59. The van der Waals surface area contributed by atoms with E-state index in [0.29, 0.717) is 10.5 Å². The Kier molecular flexibility index (Phi) is 2.90. The Labute approximate surface area is 69.8 Å². The first-order chi connectivity index (χ1) is 5.24. The minimum absolute atomic E-state index is 0.540. The van der Waals surface area contributed by atoms with Crippen LogP contribution in [0.1, 0.15) is 0 Å². The van der Waals surface area contributed by atoms with Crippen molar-refractivity contribution in [2.24, 2.45) is 5.90 Å². The SMILES string of the molecule is NOB(O)c1cccc(Cl)c1. The third-order valence-corrected chi connectivity index (χ3v) is 1.50. The molecule has 1 aromatic rings. The van der Waals surface area contributed by atoms with Gasteiger partial charge in [-0.3, -0.25) is 0 Å². The smallest absolute Gasteiger partial charge is 0.422 e. The molecule has 3 N–H and O–H groups in total. The molecule has 0 radical (unpaired) electrons. The zero-order valence-corrected chi connectivity index (χ0v) is 6.45. The van der Waals surface area contributed by atoms with Crippen molar-refractivity contribution >= 4 is 24.2 Å². The maximum atomic E-state index is 9.05. The lowest BCUT2D eigenvalue weighted by atomic mass is 9.80. The quantitative estimate of drug-likeness (QED) is 0.483. The van der Waals surface area contributed by atoms with E-state index in [-0.39, 0.29) is 0 Å². The molecular formula is C6H7BClNO2. The second kappa shape index (κ2) is 3.73. The van der Waals surface area contributed by atoms with E-state index in [2.05, 4.69) is 4.76 Å². The highest BCUT2D eigenvalue weighted by molar-refractivity contribution is 6.60. The fourth-order valence-electron chi connectivity index (χ4n) is 0.739. The van der Waals surface area contributed by atoms with Gasteiger partial charge in [-0.2, -0.15) is 0 Å². The van der Waals surface area contributed by atoms with Gasteiger partial charge in [-0.15, -0.1) is 0 Å². The van der Waals surface area contributed by atoms with Crippen molar-refractivity contribution in [3.63, 3.8) is 0 Å². The molecule has 0 heterocycles. The predicted molar refractivity (Wildman–Crippen MR) is 44.3 cm³/mol. The summed E-state index contributed by atoms with van der Waals surface area (Å²) < 4.78 is 4.19. The molecule has 11 heavy (non-hydrogen) atoms. The van der Waals surface area contributed by atoms with Crippen molar-refractivity contribution in [1.82, 2.24) is 0 Å². The van der Waals surface area contributed by atoms with Gasteiger partial charge in [0.05, 0.1) is 0 Å². The van der Waals surface area contributed by atoms with Crippen LogP contribution in [0.3, 0.4) is 0 Å². The van der Waals surface area contributed by atoms with Gasteiger partial charge in [-0.1, -0.05) is 23.7 Å². The summed E-state index contributed by atoms with van der Waals surface area (Å²) in [6.45, 7) is 0. The lowest BCUT2D eigenvalue weighted by molar-refractivity contribution is 0.281. The van der Waals surface area contributed by atoms with Crippen LogP contribution in [0.5, 0.6) is 0 Å². The molecule has 0 aliphatic rings. The van der Waals surface area contributed by atoms with E-state index < -0.39 is 7.12 Å². The molecule has 58 valence electrons. The van der Waals surface area contributed by atoms with E-state index in [1.54, 1.807) is 24.3 Å². The third-order valence-electron chi connectivity index (χ3n) is 1.26. The van der Waals surface area contributed by atoms with Crippen molar-refractivity contribution in [3.8, 4) is 0 Å². The van der Waals surface area contributed by atoms with Gasteiger partial charge in [0.1, 0.15) is 0 Å². The highest BCUT2D eigenvalue weighted by Gasteiger charge is 2.14. The second-order valence-electron chi connectivity index (χ2n) is 2.04. The summed E-state index contributed by atoms with van der Waals surface area (Å²) in [6, 6.07) is 6.66.